The molecule has 0 spiro atoms. The van der Waals surface area contributed by atoms with Crippen LogP contribution < -0.4 is 0 Å². The van der Waals surface area contributed by atoms with E-state index in [0.717, 1.165) is 23.4 Å². The Hall–Kier alpha value is -1.73. The Balaban J connectivity index is 2.25. The molecule has 1 aromatic carbocycles. The zero-order valence-corrected chi connectivity index (χ0v) is 12.4. The fraction of sp³-hybridized carbons (Fsp3) is 0.308. The Morgan fingerprint density at radius 1 is 1.30 bits per heavy atom. The van der Waals surface area contributed by atoms with Crippen molar-refractivity contribution in [2.45, 2.75) is 18.4 Å². The lowest BCUT2D eigenvalue weighted by molar-refractivity contribution is 0.465. The normalized spacial score (nSPS) is 12.1. The van der Waals surface area contributed by atoms with Crippen molar-refractivity contribution in [2.75, 3.05) is 7.05 Å². The van der Waals surface area contributed by atoms with Gasteiger partial charge < -0.3 is 0 Å². The predicted molar refractivity (Wildman–Crippen MR) is 73.0 cm³/mol. The van der Waals surface area contributed by atoms with Crippen molar-refractivity contribution in [3.63, 3.8) is 0 Å². The summed E-state index contributed by atoms with van der Waals surface area (Å²) in [5.74, 6) is -0.463. The molecule has 7 heteroatoms. The van der Waals surface area contributed by atoms with Crippen LogP contribution in [0.4, 0.5) is 4.39 Å². The monoisotopic (exact) mass is 297 g/mol. The SMILES string of the molecule is Cc1c(CN(C)S(=O)(=O)c2ccc(F)cc2)cnn1C. The van der Waals surface area contributed by atoms with Gasteiger partial charge in [0.15, 0.2) is 0 Å². The molecule has 0 radical (unpaired) electrons. The molecule has 0 saturated heterocycles. The number of sulfonamides is 1. The molecule has 1 heterocycles. The van der Waals surface area contributed by atoms with Gasteiger partial charge in [0.05, 0.1) is 11.1 Å². The van der Waals surface area contributed by atoms with Crippen molar-refractivity contribution in [1.29, 1.82) is 0 Å². The smallest absolute Gasteiger partial charge is 0.243 e. The number of rotatable bonds is 4. The van der Waals surface area contributed by atoms with E-state index in [1.165, 1.54) is 23.5 Å². The topological polar surface area (TPSA) is 55.2 Å². The Bertz CT molecular complexity index is 708. The predicted octanol–water partition coefficient (Wildman–Crippen LogP) is 1.69. The van der Waals surface area contributed by atoms with E-state index in [4.69, 9.17) is 0 Å². The third-order valence-corrected chi connectivity index (χ3v) is 5.07. The van der Waals surface area contributed by atoms with Crippen LogP contribution in [0.25, 0.3) is 0 Å². The summed E-state index contributed by atoms with van der Waals surface area (Å²) in [5.41, 5.74) is 1.74. The highest BCUT2D eigenvalue weighted by molar-refractivity contribution is 7.89. The number of nitrogens with zero attached hydrogens (tertiary/aromatic N) is 3. The molecule has 0 unspecified atom stereocenters. The largest absolute Gasteiger partial charge is 0.273 e. The zero-order chi connectivity index (χ0) is 14.9. The van der Waals surface area contributed by atoms with Gasteiger partial charge in [-0.1, -0.05) is 0 Å². The number of hydrogen-bond donors (Lipinski definition) is 0. The minimum Gasteiger partial charge on any atom is -0.273 e. The maximum absolute atomic E-state index is 12.9. The van der Waals surface area contributed by atoms with Gasteiger partial charge in [-0.3, -0.25) is 4.68 Å². The molecule has 0 fully saturated rings. The number of benzene rings is 1. The van der Waals surface area contributed by atoms with Gasteiger partial charge in [-0.15, -0.1) is 0 Å². The second kappa shape index (κ2) is 5.34. The van der Waals surface area contributed by atoms with E-state index in [1.807, 2.05) is 6.92 Å². The van der Waals surface area contributed by atoms with Crippen LogP contribution in [0.3, 0.4) is 0 Å². The van der Waals surface area contributed by atoms with Crippen LogP contribution >= 0.6 is 0 Å². The van der Waals surface area contributed by atoms with E-state index in [9.17, 15) is 12.8 Å². The minimum atomic E-state index is -3.63. The molecule has 0 saturated carbocycles. The van der Waals surface area contributed by atoms with E-state index >= 15 is 0 Å². The van der Waals surface area contributed by atoms with Gasteiger partial charge in [0.25, 0.3) is 0 Å². The van der Waals surface area contributed by atoms with Crippen molar-refractivity contribution < 1.29 is 12.8 Å². The van der Waals surface area contributed by atoms with Crippen molar-refractivity contribution in [2.24, 2.45) is 7.05 Å². The Labute approximate surface area is 117 Å². The lowest BCUT2D eigenvalue weighted by Gasteiger charge is -2.17. The lowest BCUT2D eigenvalue weighted by Crippen LogP contribution is -2.26. The van der Waals surface area contributed by atoms with Gasteiger partial charge >= 0.3 is 0 Å². The molecular weight excluding hydrogens is 281 g/mol. The van der Waals surface area contributed by atoms with Crippen molar-refractivity contribution >= 4 is 10.0 Å². The van der Waals surface area contributed by atoms with Crippen LogP contribution in [0.1, 0.15) is 11.3 Å². The molecule has 0 atom stereocenters. The van der Waals surface area contributed by atoms with E-state index in [0.29, 0.717) is 0 Å². The van der Waals surface area contributed by atoms with Crippen molar-refractivity contribution in [3.8, 4) is 0 Å². The molecule has 5 nitrogen and oxygen atoms in total. The van der Waals surface area contributed by atoms with Crippen molar-refractivity contribution in [3.05, 3.63) is 47.5 Å². The molecule has 0 aliphatic rings. The molecular formula is C13H16FN3O2S. The fourth-order valence-corrected chi connectivity index (χ4v) is 2.96. The minimum absolute atomic E-state index is 0.0722. The summed E-state index contributed by atoms with van der Waals surface area (Å²) >= 11 is 0. The third-order valence-electron chi connectivity index (χ3n) is 3.25. The maximum atomic E-state index is 12.9. The van der Waals surface area contributed by atoms with Gasteiger partial charge in [-0.25, -0.2) is 12.8 Å². The Morgan fingerprint density at radius 2 is 1.90 bits per heavy atom. The molecule has 2 aromatic rings. The first-order valence-electron chi connectivity index (χ1n) is 6.02. The fourth-order valence-electron chi connectivity index (χ4n) is 1.81. The highest BCUT2D eigenvalue weighted by atomic mass is 32.2. The van der Waals surface area contributed by atoms with Crippen LogP contribution in [0, 0.1) is 12.7 Å². The molecule has 2 rings (SSSR count). The quantitative estimate of drug-likeness (QED) is 0.863. The molecule has 1 aromatic heterocycles. The number of halogens is 1. The first-order chi connectivity index (χ1) is 9.32. The molecule has 0 amide bonds. The highest BCUT2D eigenvalue weighted by Gasteiger charge is 2.22. The third kappa shape index (κ3) is 2.73. The molecule has 0 bridgehead atoms. The Kier molecular flexibility index (Phi) is 3.92. The summed E-state index contributed by atoms with van der Waals surface area (Å²) < 4.78 is 40.5. The summed E-state index contributed by atoms with van der Waals surface area (Å²) in [7, 11) is -0.342. The first kappa shape index (κ1) is 14.7. The average Bonchev–Trinajstić information content (AvgIpc) is 2.71. The molecule has 0 aliphatic heterocycles. The van der Waals surface area contributed by atoms with Crippen LogP contribution in [0.5, 0.6) is 0 Å². The maximum Gasteiger partial charge on any atom is 0.243 e. The van der Waals surface area contributed by atoms with E-state index in [-0.39, 0.29) is 11.4 Å². The van der Waals surface area contributed by atoms with Gasteiger partial charge in [-0.05, 0) is 31.2 Å². The van der Waals surface area contributed by atoms with Gasteiger partial charge in [0.1, 0.15) is 5.82 Å². The number of aromatic nitrogens is 2. The van der Waals surface area contributed by atoms with E-state index in [2.05, 4.69) is 5.10 Å². The first-order valence-corrected chi connectivity index (χ1v) is 7.46. The standard InChI is InChI=1S/C13H16FN3O2S/c1-10-11(8-15-17(10)3)9-16(2)20(18,19)13-6-4-12(14)5-7-13/h4-8H,9H2,1-3H3. The zero-order valence-electron chi connectivity index (χ0n) is 11.5. The van der Waals surface area contributed by atoms with E-state index in [1.54, 1.807) is 17.9 Å². The average molecular weight is 297 g/mol. The van der Waals surface area contributed by atoms with Crippen LogP contribution in [-0.2, 0) is 23.6 Å². The molecule has 108 valence electrons. The second-order valence-corrected chi connectivity index (χ2v) is 6.64. The summed E-state index contributed by atoms with van der Waals surface area (Å²) in [6.45, 7) is 2.10. The summed E-state index contributed by atoms with van der Waals surface area (Å²) in [4.78, 5) is 0.0722. The van der Waals surface area contributed by atoms with Crippen LogP contribution in [0.15, 0.2) is 35.4 Å². The number of aryl methyl sites for hydroxylation is 1. The lowest BCUT2D eigenvalue weighted by atomic mass is 10.3. The number of hydrogen-bond acceptors (Lipinski definition) is 3. The summed E-state index contributed by atoms with van der Waals surface area (Å²) in [6.07, 6.45) is 1.64. The molecule has 0 N–H and O–H groups in total. The molecule has 20 heavy (non-hydrogen) atoms. The van der Waals surface area contributed by atoms with Gasteiger partial charge in [-0.2, -0.15) is 9.40 Å². The van der Waals surface area contributed by atoms with Crippen LogP contribution in [0.2, 0.25) is 0 Å². The van der Waals surface area contributed by atoms with Gasteiger partial charge in [0.2, 0.25) is 10.0 Å². The second-order valence-electron chi connectivity index (χ2n) is 4.59. The molecule has 0 aliphatic carbocycles. The highest BCUT2D eigenvalue weighted by Crippen LogP contribution is 2.18. The summed E-state index contributed by atoms with van der Waals surface area (Å²) in [6, 6.07) is 4.79. The van der Waals surface area contributed by atoms with E-state index < -0.39 is 15.8 Å². The van der Waals surface area contributed by atoms with Crippen LogP contribution in [-0.4, -0.2) is 29.6 Å². The van der Waals surface area contributed by atoms with Crippen molar-refractivity contribution in [1.82, 2.24) is 14.1 Å². The van der Waals surface area contributed by atoms with Gasteiger partial charge in [0, 0.05) is 31.9 Å². The Morgan fingerprint density at radius 3 is 2.40 bits per heavy atom. The summed E-state index contributed by atoms with van der Waals surface area (Å²) in [5, 5.41) is 4.08.